The minimum absolute atomic E-state index is 0.0927. The van der Waals surface area contributed by atoms with E-state index in [-0.39, 0.29) is 30.1 Å². The molecule has 1 N–H and O–H groups in total. The molecule has 6 nitrogen and oxygen atoms in total. The summed E-state index contributed by atoms with van der Waals surface area (Å²) < 4.78 is 0. The summed E-state index contributed by atoms with van der Waals surface area (Å²) in [6.07, 6.45) is 6.13. The van der Waals surface area contributed by atoms with Gasteiger partial charge in [0.2, 0.25) is 17.7 Å². The highest BCUT2D eigenvalue weighted by Gasteiger charge is 2.39. The second-order valence-corrected chi connectivity index (χ2v) is 7.54. The normalized spacial score (nSPS) is 23.9. The zero-order valence-electron chi connectivity index (χ0n) is 14.9. The zero-order chi connectivity index (χ0) is 18.1. The highest BCUT2D eigenvalue weighted by molar-refractivity contribution is 6.03. The number of amides is 3. The number of anilines is 2. The smallest absolute Gasteiger partial charge is 0.229 e. The number of rotatable bonds is 4. The molecule has 0 aromatic heterocycles. The van der Waals surface area contributed by atoms with Crippen molar-refractivity contribution in [3.8, 4) is 0 Å². The summed E-state index contributed by atoms with van der Waals surface area (Å²) >= 11 is 0. The molecule has 6 heteroatoms. The zero-order valence-corrected chi connectivity index (χ0v) is 14.9. The van der Waals surface area contributed by atoms with Gasteiger partial charge in [0.1, 0.15) is 0 Å². The molecule has 1 atom stereocenters. The topological polar surface area (TPSA) is 69.7 Å². The first-order valence-electron chi connectivity index (χ1n) is 9.63. The molecule has 3 amide bonds. The predicted molar refractivity (Wildman–Crippen MR) is 98.7 cm³/mol. The Morgan fingerprint density at radius 1 is 1.04 bits per heavy atom. The molecule has 26 heavy (non-hydrogen) atoms. The van der Waals surface area contributed by atoms with Crippen LogP contribution in [0.5, 0.6) is 0 Å². The summed E-state index contributed by atoms with van der Waals surface area (Å²) in [5, 5.41) is 2.97. The Balaban J connectivity index is 1.45. The van der Waals surface area contributed by atoms with Gasteiger partial charge in [0, 0.05) is 32.0 Å². The SMILES string of the molecule is O=C(Nc1ccccc1N1CCCC1=O)[C@H]1CC(=O)N(C2CCCC2)C1. The van der Waals surface area contributed by atoms with Gasteiger partial charge in [-0.1, -0.05) is 25.0 Å². The standard InChI is InChI=1S/C20H25N3O3/c24-18-10-5-11-22(18)17-9-4-3-8-16(17)21-20(26)14-12-19(25)23(13-14)15-6-1-2-7-15/h3-4,8-9,14-15H,1-2,5-7,10-13H2,(H,21,26)/t14-/m0/s1. The molecular formula is C20H25N3O3. The molecule has 3 aliphatic rings. The van der Waals surface area contributed by atoms with Crippen molar-refractivity contribution in [2.75, 3.05) is 23.3 Å². The third kappa shape index (κ3) is 3.20. The van der Waals surface area contributed by atoms with E-state index < -0.39 is 0 Å². The third-order valence-corrected chi connectivity index (χ3v) is 5.82. The van der Waals surface area contributed by atoms with E-state index >= 15 is 0 Å². The van der Waals surface area contributed by atoms with Crippen LogP contribution in [0.25, 0.3) is 0 Å². The molecule has 2 heterocycles. The van der Waals surface area contributed by atoms with Crippen molar-refractivity contribution < 1.29 is 14.4 Å². The maximum atomic E-state index is 12.8. The Bertz CT molecular complexity index is 727. The Labute approximate surface area is 153 Å². The van der Waals surface area contributed by atoms with Crippen LogP contribution in [-0.2, 0) is 14.4 Å². The van der Waals surface area contributed by atoms with E-state index in [0.29, 0.717) is 31.2 Å². The predicted octanol–water partition coefficient (Wildman–Crippen LogP) is 2.54. The minimum Gasteiger partial charge on any atom is -0.339 e. The summed E-state index contributed by atoms with van der Waals surface area (Å²) in [7, 11) is 0. The number of para-hydroxylation sites is 2. The van der Waals surface area contributed by atoms with Crippen LogP contribution in [0.3, 0.4) is 0 Å². The van der Waals surface area contributed by atoms with Crippen molar-refractivity contribution in [3.63, 3.8) is 0 Å². The van der Waals surface area contributed by atoms with Crippen LogP contribution in [0.4, 0.5) is 11.4 Å². The molecular weight excluding hydrogens is 330 g/mol. The lowest BCUT2D eigenvalue weighted by molar-refractivity contribution is -0.130. The Morgan fingerprint density at radius 2 is 1.81 bits per heavy atom. The Kier molecular flexibility index (Phi) is 4.66. The fourth-order valence-electron chi connectivity index (χ4n) is 4.43. The largest absolute Gasteiger partial charge is 0.339 e. The number of carbonyl (C=O) groups is 3. The van der Waals surface area contributed by atoms with Gasteiger partial charge >= 0.3 is 0 Å². The molecule has 1 aliphatic carbocycles. The lowest BCUT2D eigenvalue weighted by Crippen LogP contribution is -2.35. The average molecular weight is 355 g/mol. The first kappa shape index (κ1) is 17.1. The van der Waals surface area contributed by atoms with Gasteiger partial charge in [-0.15, -0.1) is 0 Å². The second kappa shape index (κ2) is 7.09. The van der Waals surface area contributed by atoms with E-state index in [2.05, 4.69) is 5.32 Å². The molecule has 3 fully saturated rings. The summed E-state index contributed by atoms with van der Waals surface area (Å²) in [5.74, 6) is -0.251. The number of nitrogens with zero attached hydrogens (tertiary/aromatic N) is 2. The van der Waals surface area contributed by atoms with Gasteiger partial charge < -0.3 is 15.1 Å². The highest BCUT2D eigenvalue weighted by atomic mass is 16.2. The van der Waals surface area contributed by atoms with E-state index in [1.54, 1.807) is 4.90 Å². The van der Waals surface area contributed by atoms with Crippen LogP contribution in [0.15, 0.2) is 24.3 Å². The van der Waals surface area contributed by atoms with Crippen LogP contribution in [0, 0.1) is 5.92 Å². The molecule has 1 aromatic rings. The monoisotopic (exact) mass is 355 g/mol. The average Bonchev–Trinajstić information content (AvgIpc) is 3.36. The second-order valence-electron chi connectivity index (χ2n) is 7.54. The highest BCUT2D eigenvalue weighted by Crippen LogP contribution is 2.32. The minimum atomic E-state index is -0.314. The quantitative estimate of drug-likeness (QED) is 0.902. The van der Waals surface area contributed by atoms with Gasteiger partial charge in [-0.3, -0.25) is 14.4 Å². The van der Waals surface area contributed by atoms with Crippen LogP contribution in [0.1, 0.15) is 44.9 Å². The number of nitrogens with one attached hydrogen (secondary N) is 1. The maximum absolute atomic E-state index is 12.8. The molecule has 0 spiro atoms. The van der Waals surface area contributed by atoms with E-state index in [0.717, 1.165) is 24.9 Å². The number of benzene rings is 1. The third-order valence-electron chi connectivity index (χ3n) is 5.82. The molecule has 0 bridgehead atoms. The van der Waals surface area contributed by atoms with Gasteiger partial charge in [-0.25, -0.2) is 0 Å². The van der Waals surface area contributed by atoms with Crippen LogP contribution in [-0.4, -0.2) is 41.8 Å². The van der Waals surface area contributed by atoms with Crippen molar-refractivity contribution in [2.24, 2.45) is 5.92 Å². The fourth-order valence-corrected chi connectivity index (χ4v) is 4.43. The molecule has 2 saturated heterocycles. The molecule has 1 aromatic carbocycles. The number of carbonyl (C=O) groups excluding carboxylic acids is 3. The summed E-state index contributed by atoms with van der Waals surface area (Å²) in [6.45, 7) is 1.20. The van der Waals surface area contributed by atoms with E-state index in [4.69, 9.17) is 0 Å². The van der Waals surface area contributed by atoms with Crippen molar-refractivity contribution >= 4 is 29.1 Å². The van der Waals surface area contributed by atoms with Gasteiger partial charge in [0.05, 0.1) is 17.3 Å². The maximum Gasteiger partial charge on any atom is 0.229 e. The van der Waals surface area contributed by atoms with Gasteiger partial charge in [0.15, 0.2) is 0 Å². The van der Waals surface area contributed by atoms with Gasteiger partial charge in [-0.05, 0) is 31.4 Å². The number of likely N-dealkylation sites (tertiary alicyclic amines) is 1. The van der Waals surface area contributed by atoms with Crippen LogP contribution in [0.2, 0.25) is 0 Å². The van der Waals surface area contributed by atoms with Crippen molar-refractivity contribution in [1.29, 1.82) is 0 Å². The summed E-state index contributed by atoms with van der Waals surface area (Å²) in [6, 6.07) is 7.73. The summed E-state index contributed by atoms with van der Waals surface area (Å²) in [5.41, 5.74) is 1.40. The molecule has 0 radical (unpaired) electrons. The van der Waals surface area contributed by atoms with Crippen molar-refractivity contribution in [3.05, 3.63) is 24.3 Å². The van der Waals surface area contributed by atoms with Gasteiger partial charge in [0.25, 0.3) is 0 Å². The lowest BCUT2D eigenvalue weighted by atomic mass is 10.1. The Morgan fingerprint density at radius 3 is 2.54 bits per heavy atom. The number of hydrogen-bond donors (Lipinski definition) is 1. The van der Waals surface area contributed by atoms with Crippen molar-refractivity contribution in [1.82, 2.24) is 4.90 Å². The fraction of sp³-hybridized carbons (Fsp3) is 0.550. The molecule has 138 valence electrons. The van der Waals surface area contributed by atoms with E-state index in [9.17, 15) is 14.4 Å². The van der Waals surface area contributed by atoms with Crippen molar-refractivity contribution in [2.45, 2.75) is 51.0 Å². The van der Waals surface area contributed by atoms with Crippen LogP contribution >= 0.6 is 0 Å². The lowest BCUT2D eigenvalue weighted by Gasteiger charge is -2.24. The molecule has 1 saturated carbocycles. The van der Waals surface area contributed by atoms with E-state index in [1.807, 2.05) is 29.2 Å². The molecule has 4 rings (SSSR count). The first-order valence-corrected chi connectivity index (χ1v) is 9.63. The molecule has 2 aliphatic heterocycles. The molecule has 0 unspecified atom stereocenters. The Hall–Kier alpha value is -2.37. The van der Waals surface area contributed by atoms with Gasteiger partial charge in [-0.2, -0.15) is 0 Å². The first-order chi connectivity index (χ1) is 12.6. The summed E-state index contributed by atoms with van der Waals surface area (Å²) in [4.78, 5) is 40.8. The van der Waals surface area contributed by atoms with Crippen LogP contribution < -0.4 is 10.2 Å². The number of hydrogen-bond acceptors (Lipinski definition) is 3. The van der Waals surface area contributed by atoms with E-state index in [1.165, 1.54) is 12.8 Å².